The lowest BCUT2D eigenvalue weighted by Gasteiger charge is -2.42. The van der Waals surface area contributed by atoms with E-state index < -0.39 is 11.7 Å². The zero-order valence-electron chi connectivity index (χ0n) is 21.7. The molecule has 1 aromatic heterocycles. The molecule has 7 nitrogen and oxygen atoms in total. The van der Waals surface area contributed by atoms with Gasteiger partial charge in [-0.3, -0.25) is 14.5 Å². The van der Waals surface area contributed by atoms with Gasteiger partial charge in [-0.15, -0.1) is 10.2 Å². The Morgan fingerprint density at radius 2 is 1.87 bits per heavy atom. The molecule has 1 aliphatic heterocycles. The highest BCUT2D eigenvalue weighted by atomic mass is 32.2. The van der Waals surface area contributed by atoms with Crippen LogP contribution in [0.3, 0.4) is 0 Å². The van der Waals surface area contributed by atoms with Gasteiger partial charge in [0.25, 0.3) is 0 Å². The lowest BCUT2D eigenvalue weighted by atomic mass is 9.69. The Morgan fingerprint density at radius 3 is 2.54 bits per heavy atom. The third-order valence-electron chi connectivity index (χ3n) is 6.87. The molecule has 2 heterocycles. The van der Waals surface area contributed by atoms with Gasteiger partial charge < -0.3 is 5.73 Å². The summed E-state index contributed by atoms with van der Waals surface area (Å²) in [6.45, 7) is 5.99. The molecule has 0 amide bonds. The topological polar surface area (TPSA) is 113 Å². The fourth-order valence-corrected chi connectivity index (χ4v) is 6.79. The van der Waals surface area contributed by atoms with E-state index in [4.69, 9.17) is 5.73 Å². The van der Waals surface area contributed by atoms with Crippen LogP contribution in [0.25, 0.3) is 0 Å². The maximum absolute atomic E-state index is 13.7. The van der Waals surface area contributed by atoms with E-state index in [1.54, 1.807) is 29.2 Å². The summed E-state index contributed by atoms with van der Waals surface area (Å²) in [4.78, 5) is 27.9. The summed E-state index contributed by atoms with van der Waals surface area (Å²) in [5.41, 5.74) is 9.97. The van der Waals surface area contributed by atoms with E-state index >= 15 is 0 Å². The molecule has 0 radical (unpaired) electrons. The SMILES string of the molecule is Cc1ccc(C(=O)CSc2nnc(N3C(N)=C(C#N)C(c4ccc(F)cc4)C4=C3CC(C)(C)CC4=O)s2)cc1. The van der Waals surface area contributed by atoms with Crippen LogP contribution in [0, 0.1) is 29.5 Å². The molecular formula is C29H26FN5O2S2. The van der Waals surface area contributed by atoms with Crippen LogP contribution < -0.4 is 10.6 Å². The van der Waals surface area contributed by atoms with Crippen molar-refractivity contribution in [3.63, 3.8) is 0 Å². The number of aromatic nitrogens is 2. The van der Waals surface area contributed by atoms with Crippen LogP contribution in [-0.4, -0.2) is 27.5 Å². The van der Waals surface area contributed by atoms with E-state index in [0.717, 1.165) is 5.56 Å². The van der Waals surface area contributed by atoms with Gasteiger partial charge in [-0.1, -0.05) is 78.9 Å². The molecule has 1 unspecified atom stereocenters. The second-order valence-electron chi connectivity index (χ2n) is 10.5. The van der Waals surface area contributed by atoms with Crippen molar-refractivity contribution >= 4 is 39.8 Å². The fraction of sp³-hybridized carbons (Fsp3) is 0.276. The van der Waals surface area contributed by atoms with Crippen molar-refractivity contribution in [1.82, 2.24) is 10.2 Å². The second-order valence-corrected chi connectivity index (χ2v) is 12.6. The minimum atomic E-state index is -0.695. The molecule has 5 rings (SSSR count). The first-order valence-corrected chi connectivity index (χ1v) is 14.2. The Hall–Kier alpha value is -3.81. The third kappa shape index (κ3) is 5.24. The van der Waals surface area contributed by atoms with Gasteiger partial charge in [0, 0.05) is 23.3 Å². The number of anilines is 1. The zero-order chi connectivity index (χ0) is 27.9. The highest BCUT2D eigenvalue weighted by Crippen LogP contribution is 2.50. The van der Waals surface area contributed by atoms with Crippen molar-refractivity contribution in [2.45, 2.75) is 43.9 Å². The predicted molar refractivity (Wildman–Crippen MR) is 150 cm³/mol. The van der Waals surface area contributed by atoms with Crippen LogP contribution in [0.2, 0.25) is 0 Å². The van der Waals surface area contributed by atoms with Crippen molar-refractivity contribution < 1.29 is 14.0 Å². The first-order chi connectivity index (χ1) is 18.6. The Bertz CT molecular complexity index is 1570. The minimum absolute atomic E-state index is 0.0207. The zero-order valence-corrected chi connectivity index (χ0v) is 23.3. The molecule has 10 heteroatoms. The number of halogens is 1. The summed E-state index contributed by atoms with van der Waals surface area (Å²) in [6, 6.07) is 15.4. The Kier molecular flexibility index (Phi) is 7.14. The summed E-state index contributed by atoms with van der Waals surface area (Å²) >= 11 is 2.52. The lowest BCUT2D eigenvalue weighted by molar-refractivity contribution is -0.118. The molecule has 1 atom stereocenters. The molecule has 39 heavy (non-hydrogen) atoms. The number of hydrogen-bond acceptors (Lipinski definition) is 9. The van der Waals surface area contributed by atoms with Crippen molar-refractivity contribution in [3.8, 4) is 6.07 Å². The molecule has 1 aliphatic carbocycles. The second kappa shape index (κ2) is 10.4. The average molecular weight is 560 g/mol. The van der Waals surface area contributed by atoms with E-state index in [-0.39, 0.29) is 34.1 Å². The molecule has 0 saturated carbocycles. The van der Waals surface area contributed by atoms with Gasteiger partial charge in [-0.25, -0.2) is 4.39 Å². The Balaban J connectivity index is 1.51. The van der Waals surface area contributed by atoms with Crippen molar-refractivity contribution in [3.05, 3.63) is 93.7 Å². The number of nitrogens with two attached hydrogens (primary N) is 1. The first-order valence-electron chi connectivity index (χ1n) is 12.4. The van der Waals surface area contributed by atoms with Gasteiger partial charge in [-0.2, -0.15) is 5.26 Å². The number of nitrogens with zero attached hydrogens (tertiary/aromatic N) is 4. The highest BCUT2D eigenvalue weighted by Gasteiger charge is 2.45. The van der Waals surface area contributed by atoms with Gasteiger partial charge in [0.15, 0.2) is 15.9 Å². The minimum Gasteiger partial charge on any atom is -0.384 e. The van der Waals surface area contributed by atoms with E-state index in [9.17, 15) is 19.2 Å². The number of ketones is 2. The molecule has 0 saturated heterocycles. The van der Waals surface area contributed by atoms with Crippen LogP contribution in [0.15, 0.2) is 75.5 Å². The largest absolute Gasteiger partial charge is 0.384 e. The van der Waals surface area contributed by atoms with Crippen LogP contribution in [-0.2, 0) is 4.79 Å². The van der Waals surface area contributed by atoms with Gasteiger partial charge >= 0.3 is 0 Å². The smallest absolute Gasteiger partial charge is 0.219 e. The fourth-order valence-electron chi connectivity index (χ4n) is 5.02. The Morgan fingerprint density at radius 1 is 1.18 bits per heavy atom. The monoisotopic (exact) mass is 559 g/mol. The van der Waals surface area contributed by atoms with Crippen LogP contribution in [0.4, 0.5) is 9.52 Å². The van der Waals surface area contributed by atoms with Crippen molar-refractivity contribution in [2.24, 2.45) is 11.1 Å². The summed E-state index contributed by atoms with van der Waals surface area (Å²) < 4.78 is 14.3. The molecule has 198 valence electrons. The van der Waals surface area contributed by atoms with Crippen LogP contribution >= 0.6 is 23.1 Å². The van der Waals surface area contributed by atoms with E-state index in [2.05, 4.69) is 16.3 Å². The molecule has 2 N–H and O–H groups in total. The number of nitriles is 1. The third-order valence-corrected chi connectivity index (χ3v) is 8.91. The quantitative estimate of drug-likeness (QED) is 0.293. The molecule has 0 fully saturated rings. The normalized spacial score (nSPS) is 18.7. The molecule has 0 bridgehead atoms. The number of thioether (sulfide) groups is 1. The summed E-state index contributed by atoms with van der Waals surface area (Å²) in [6.07, 6.45) is 0.841. The molecular weight excluding hydrogens is 533 g/mol. The summed E-state index contributed by atoms with van der Waals surface area (Å²) in [7, 11) is 0. The number of hydrogen-bond donors (Lipinski definition) is 1. The summed E-state index contributed by atoms with van der Waals surface area (Å²) in [5.74, 6) is -0.842. The number of rotatable bonds is 6. The standard InChI is InChI=1S/C29H26FN5O2S2/c1-16-4-6-17(7-5-16)23(37)15-38-28-34-33-27(39-28)35-21-12-29(2,3)13-22(36)25(21)24(20(14-31)26(35)32)18-8-10-19(30)11-9-18/h4-11,24H,12-13,15,32H2,1-3H3. The highest BCUT2D eigenvalue weighted by molar-refractivity contribution is 8.01. The van der Waals surface area contributed by atoms with E-state index in [1.165, 1.54) is 35.2 Å². The predicted octanol–water partition coefficient (Wildman–Crippen LogP) is 5.90. The van der Waals surface area contributed by atoms with Gasteiger partial charge in [-0.05, 0) is 36.5 Å². The van der Waals surface area contributed by atoms with E-state index in [1.807, 2.05) is 32.9 Å². The van der Waals surface area contributed by atoms with E-state index in [0.29, 0.717) is 44.7 Å². The number of allylic oxidation sites excluding steroid dienone is 3. The summed E-state index contributed by atoms with van der Waals surface area (Å²) in [5, 5.41) is 19.2. The van der Waals surface area contributed by atoms with Crippen molar-refractivity contribution in [2.75, 3.05) is 10.7 Å². The van der Waals surface area contributed by atoms with Gasteiger partial charge in [0.1, 0.15) is 11.6 Å². The van der Waals surface area contributed by atoms with Gasteiger partial charge in [0.05, 0.1) is 23.3 Å². The number of carbonyl (C=O) groups is 2. The number of benzene rings is 2. The number of aryl methyl sites for hydroxylation is 1. The molecule has 3 aromatic rings. The van der Waals surface area contributed by atoms with Crippen LogP contribution in [0.1, 0.15) is 54.1 Å². The molecule has 0 spiro atoms. The molecule has 2 aliphatic rings. The first kappa shape index (κ1) is 26.8. The maximum Gasteiger partial charge on any atom is 0.219 e. The maximum atomic E-state index is 13.7. The van der Waals surface area contributed by atoms with Crippen LogP contribution in [0.5, 0.6) is 0 Å². The average Bonchev–Trinajstić information content (AvgIpc) is 3.35. The van der Waals surface area contributed by atoms with Crippen molar-refractivity contribution in [1.29, 1.82) is 5.26 Å². The number of carbonyl (C=O) groups excluding carboxylic acids is 2. The Labute approximate surface area is 234 Å². The van der Waals surface area contributed by atoms with Gasteiger partial charge in [0.2, 0.25) is 5.13 Å². The molecule has 2 aromatic carbocycles. The lowest BCUT2D eigenvalue weighted by Crippen LogP contribution is -2.42. The number of Topliss-reactive ketones (excluding diaryl/α,β-unsaturated/α-hetero) is 2.